The summed E-state index contributed by atoms with van der Waals surface area (Å²) in [6, 6.07) is 12.1. The number of hydrogen-bond acceptors (Lipinski definition) is 3. The lowest BCUT2D eigenvalue weighted by atomic mass is 10.1. The van der Waals surface area contributed by atoms with E-state index in [1.54, 1.807) is 0 Å². The molecule has 0 saturated heterocycles. The number of aromatic nitrogens is 1. The highest BCUT2D eigenvalue weighted by molar-refractivity contribution is 5.70. The van der Waals surface area contributed by atoms with Crippen LogP contribution in [0.25, 0.3) is 11.3 Å². The maximum absolute atomic E-state index is 5.86. The summed E-state index contributed by atoms with van der Waals surface area (Å²) in [6.07, 6.45) is 3.09. The predicted octanol–water partition coefficient (Wildman–Crippen LogP) is 4.36. The quantitative estimate of drug-likeness (QED) is 0.847. The zero-order valence-corrected chi connectivity index (χ0v) is 12.4. The molecule has 0 spiro atoms. The maximum Gasteiger partial charge on any atom is 0.129 e. The van der Waals surface area contributed by atoms with Crippen molar-refractivity contribution in [2.75, 3.05) is 11.9 Å². The van der Waals surface area contributed by atoms with Crippen molar-refractivity contribution < 1.29 is 4.74 Å². The number of nitrogens with zero attached hydrogens (tertiary/aromatic N) is 1. The first kappa shape index (κ1) is 14.4. The van der Waals surface area contributed by atoms with Crippen LogP contribution in [-0.2, 0) is 0 Å². The summed E-state index contributed by atoms with van der Waals surface area (Å²) in [4.78, 5) is 4.47. The second-order valence-corrected chi connectivity index (χ2v) is 5.02. The average Bonchev–Trinajstić information content (AvgIpc) is 2.45. The molecular weight excluding hydrogens is 248 g/mol. The van der Waals surface area contributed by atoms with Crippen molar-refractivity contribution in [2.24, 2.45) is 0 Å². The number of rotatable bonds is 6. The molecule has 0 aliphatic rings. The Kier molecular flexibility index (Phi) is 4.99. The Hall–Kier alpha value is -2.03. The minimum atomic E-state index is 0.151. The van der Waals surface area contributed by atoms with Gasteiger partial charge in [0.05, 0.1) is 11.8 Å². The molecule has 0 unspecified atom stereocenters. The third kappa shape index (κ3) is 3.73. The number of ether oxygens (including phenoxy) is 1. The Labute approximate surface area is 121 Å². The summed E-state index contributed by atoms with van der Waals surface area (Å²) >= 11 is 0. The van der Waals surface area contributed by atoms with Gasteiger partial charge in [-0.3, -0.25) is 4.98 Å². The molecule has 2 aromatic rings. The van der Waals surface area contributed by atoms with Gasteiger partial charge in [-0.2, -0.15) is 0 Å². The molecule has 106 valence electrons. The fourth-order valence-corrected chi connectivity index (χ4v) is 1.99. The van der Waals surface area contributed by atoms with Gasteiger partial charge in [-0.05, 0) is 44.5 Å². The van der Waals surface area contributed by atoms with Crippen molar-refractivity contribution in [3.63, 3.8) is 0 Å². The third-order valence-electron chi connectivity index (χ3n) is 2.86. The Bertz CT molecular complexity index is 552. The summed E-state index contributed by atoms with van der Waals surface area (Å²) < 4.78 is 5.86. The second kappa shape index (κ2) is 6.94. The van der Waals surface area contributed by atoms with Crippen molar-refractivity contribution in [2.45, 2.75) is 33.3 Å². The van der Waals surface area contributed by atoms with E-state index in [0.717, 1.165) is 35.7 Å². The van der Waals surface area contributed by atoms with Crippen molar-refractivity contribution in [3.8, 4) is 17.0 Å². The first-order valence-electron chi connectivity index (χ1n) is 7.16. The van der Waals surface area contributed by atoms with E-state index in [0.29, 0.717) is 0 Å². The third-order valence-corrected chi connectivity index (χ3v) is 2.86. The van der Waals surface area contributed by atoms with Gasteiger partial charge < -0.3 is 10.1 Å². The predicted molar refractivity (Wildman–Crippen MR) is 84.2 cm³/mol. The molecule has 3 heteroatoms. The number of nitrogens with one attached hydrogen (secondary N) is 1. The van der Waals surface area contributed by atoms with E-state index in [4.69, 9.17) is 4.74 Å². The highest BCUT2D eigenvalue weighted by atomic mass is 16.5. The van der Waals surface area contributed by atoms with Crippen LogP contribution in [0.4, 0.5) is 5.69 Å². The zero-order chi connectivity index (χ0) is 14.4. The van der Waals surface area contributed by atoms with E-state index in [2.05, 4.69) is 23.3 Å². The molecule has 0 aliphatic heterocycles. The lowest BCUT2D eigenvalue weighted by Gasteiger charge is -2.14. The molecule has 1 N–H and O–H groups in total. The average molecular weight is 270 g/mol. The highest BCUT2D eigenvalue weighted by Crippen LogP contribution is 2.30. The normalized spacial score (nSPS) is 10.6. The lowest BCUT2D eigenvalue weighted by molar-refractivity contribution is 0.243. The molecule has 20 heavy (non-hydrogen) atoms. The van der Waals surface area contributed by atoms with Crippen LogP contribution in [-0.4, -0.2) is 17.6 Å². The van der Waals surface area contributed by atoms with Crippen molar-refractivity contribution in [3.05, 3.63) is 42.6 Å². The molecule has 1 aromatic heterocycles. The monoisotopic (exact) mass is 270 g/mol. The molecule has 0 radical (unpaired) electrons. The molecule has 0 bridgehead atoms. The van der Waals surface area contributed by atoms with Crippen LogP contribution >= 0.6 is 0 Å². The van der Waals surface area contributed by atoms with Crippen LogP contribution in [0.1, 0.15) is 27.2 Å². The van der Waals surface area contributed by atoms with Crippen LogP contribution in [0.3, 0.4) is 0 Å². The molecule has 2 rings (SSSR count). The lowest BCUT2D eigenvalue weighted by Crippen LogP contribution is -2.06. The van der Waals surface area contributed by atoms with Gasteiger partial charge in [-0.15, -0.1) is 0 Å². The van der Waals surface area contributed by atoms with Gasteiger partial charge in [-0.25, -0.2) is 0 Å². The molecule has 0 amide bonds. The van der Waals surface area contributed by atoms with Gasteiger partial charge in [-0.1, -0.05) is 19.1 Å². The molecule has 0 atom stereocenters. The number of benzene rings is 1. The Morgan fingerprint density at radius 3 is 2.75 bits per heavy atom. The van der Waals surface area contributed by atoms with E-state index < -0.39 is 0 Å². The molecular formula is C17H22N2O. The smallest absolute Gasteiger partial charge is 0.129 e. The van der Waals surface area contributed by atoms with Crippen LogP contribution < -0.4 is 10.1 Å². The SMILES string of the molecule is CCCNc1ccnc(-c2ccccc2OC(C)C)c1. The van der Waals surface area contributed by atoms with Gasteiger partial charge in [0.15, 0.2) is 0 Å². The van der Waals surface area contributed by atoms with E-state index in [1.807, 2.05) is 50.4 Å². The molecule has 0 fully saturated rings. The molecule has 3 nitrogen and oxygen atoms in total. The first-order valence-corrected chi connectivity index (χ1v) is 7.16. The first-order chi connectivity index (χ1) is 9.70. The fourth-order valence-electron chi connectivity index (χ4n) is 1.99. The zero-order valence-electron chi connectivity index (χ0n) is 12.4. The van der Waals surface area contributed by atoms with Crippen LogP contribution in [0.5, 0.6) is 5.75 Å². The Balaban J connectivity index is 2.31. The highest BCUT2D eigenvalue weighted by Gasteiger charge is 2.09. The van der Waals surface area contributed by atoms with Gasteiger partial charge in [0.1, 0.15) is 5.75 Å². The van der Waals surface area contributed by atoms with Crippen LogP contribution in [0.15, 0.2) is 42.6 Å². The van der Waals surface area contributed by atoms with Crippen molar-refractivity contribution in [1.29, 1.82) is 0 Å². The van der Waals surface area contributed by atoms with Gasteiger partial charge >= 0.3 is 0 Å². The summed E-state index contributed by atoms with van der Waals surface area (Å²) in [5.41, 5.74) is 3.06. The van der Waals surface area contributed by atoms with Crippen LogP contribution in [0, 0.1) is 0 Å². The number of para-hydroxylation sites is 1. The second-order valence-electron chi connectivity index (χ2n) is 5.02. The van der Waals surface area contributed by atoms with E-state index >= 15 is 0 Å². The standard InChI is InChI=1S/C17H22N2O/c1-4-10-18-14-9-11-19-16(12-14)15-7-5-6-8-17(15)20-13(2)3/h5-9,11-13H,4,10H2,1-3H3,(H,18,19). The summed E-state index contributed by atoms with van der Waals surface area (Å²) in [5, 5.41) is 3.38. The van der Waals surface area contributed by atoms with Crippen LogP contribution in [0.2, 0.25) is 0 Å². The number of anilines is 1. The molecule has 0 aliphatic carbocycles. The summed E-state index contributed by atoms with van der Waals surface area (Å²) in [5.74, 6) is 0.877. The Morgan fingerprint density at radius 1 is 1.20 bits per heavy atom. The van der Waals surface area contributed by atoms with Gasteiger partial charge in [0.2, 0.25) is 0 Å². The maximum atomic E-state index is 5.86. The van der Waals surface area contributed by atoms with E-state index in [9.17, 15) is 0 Å². The van der Waals surface area contributed by atoms with E-state index in [-0.39, 0.29) is 6.10 Å². The largest absolute Gasteiger partial charge is 0.490 e. The number of hydrogen-bond donors (Lipinski definition) is 1. The van der Waals surface area contributed by atoms with E-state index in [1.165, 1.54) is 0 Å². The molecule has 1 heterocycles. The minimum Gasteiger partial charge on any atom is -0.490 e. The summed E-state index contributed by atoms with van der Waals surface area (Å²) in [7, 11) is 0. The Morgan fingerprint density at radius 2 is 2.00 bits per heavy atom. The summed E-state index contributed by atoms with van der Waals surface area (Å²) in [6.45, 7) is 7.18. The fraction of sp³-hybridized carbons (Fsp3) is 0.353. The molecule has 1 aromatic carbocycles. The van der Waals surface area contributed by atoms with Gasteiger partial charge in [0, 0.05) is 24.0 Å². The topological polar surface area (TPSA) is 34.2 Å². The van der Waals surface area contributed by atoms with Gasteiger partial charge in [0.25, 0.3) is 0 Å². The molecule has 0 saturated carbocycles. The number of pyridine rings is 1. The minimum absolute atomic E-state index is 0.151. The van der Waals surface area contributed by atoms with Crippen molar-refractivity contribution >= 4 is 5.69 Å². The van der Waals surface area contributed by atoms with Crippen molar-refractivity contribution in [1.82, 2.24) is 4.98 Å².